The number of rotatable bonds is 5. The fourth-order valence-electron chi connectivity index (χ4n) is 3.98. The number of carbonyl (C=O) groups is 1. The molecule has 1 aromatic heterocycles. The maximum atomic E-state index is 13.2. The summed E-state index contributed by atoms with van der Waals surface area (Å²) in [5, 5.41) is 0.693. The van der Waals surface area contributed by atoms with E-state index in [9.17, 15) is 4.79 Å². The van der Waals surface area contributed by atoms with Crippen molar-refractivity contribution >= 4 is 17.4 Å². The SMILES string of the molecule is Cc1cc(-c2cccc(Cl)c2)cnc1CC(=O)C1(c2ccc3c(c2)OCO3)CC1. The maximum Gasteiger partial charge on any atom is 0.231 e. The number of aryl methyl sites for hydroxylation is 1. The lowest BCUT2D eigenvalue weighted by atomic mass is 9.88. The van der Waals surface area contributed by atoms with Crippen molar-refractivity contribution in [3.8, 4) is 22.6 Å². The van der Waals surface area contributed by atoms with Crippen LogP contribution in [-0.2, 0) is 16.6 Å². The molecule has 0 saturated heterocycles. The molecule has 0 atom stereocenters. The first-order valence-electron chi connectivity index (χ1n) is 9.70. The molecule has 5 rings (SSSR count). The third-order valence-electron chi connectivity index (χ3n) is 5.88. The smallest absolute Gasteiger partial charge is 0.231 e. The van der Waals surface area contributed by atoms with Crippen LogP contribution in [0.1, 0.15) is 29.7 Å². The Hall–Kier alpha value is -2.85. The number of hydrogen-bond acceptors (Lipinski definition) is 4. The lowest BCUT2D eigenvalue weighted by Gasteiger charge is -2.16. The topological polar surface area (TPSA) is 48.4 Å². The minimum absolute atomic E-state index is 0.211. The van der Waals surface area contributed by atoms with E-state index in [0.717, 1.165) is 52.3 Å². The molecule has 2 aliphatic rings. The summed E-state index contributed by atoms with van der Waals surface area (Å²) in [4.78, 5) is 17.8. The number of ether oxygens (including phenoxy) is 2. The third kappa shape index (κ3) is 3.28. The van der Waals surface area contributed by atoms with Gasteiger partial charge in [-0.25, -0.2) is 0 Å². The van der Waals surface area contributed by atoms with Crippen LogP contribution in [0.3, 0.4) is 0 Å². The second kappa shape index (κ2) is 6.89. The van der Waals surface area contributed by atoms with Gasteiger partial charge >= 0.3 is 0 Å². The molecule has 0 bridgehead atoms. The molecular formula is C24H20ClNO3. The molecule has 0 unspecified atom stereocenters. The van der Waals surface area contributed by atoms with E-state index in [1.807, 2.05) is 55.6 Å². The zero-order valence-electron chi connectivity index (χ0n) is 16.1. The van der Waals surface area contributed by atoms with Crippen LogP contribution < -0.4 is 9.47 Å². The van der Waals surface area contributed by atoms with Crippen molar-refractivity contribution in [3.05, 3.63) is 76.6 Å². The van der Waals surface area contributed by atoms with Crippen molar-refractivity contribution in [3.63, 3.8) is 0 Å². The van der Waals surface area contributed by atoms with Crippen LogP contribution in [0.25, 0.3) is 11.1 Å². The highest BCUT2D eigenvalue weighted by atomic mass is 35.5. The van der Waals surface area contributed by atoms with Gasteiger partial charge in [-0.2, -0.15) is 0 Å². The Bertz CT molecular complexity index is 1120. The average molecular weight is 406 g/mol. The number of ketones is 1. The van der Waals surface area contributed by atoms with E-state index in [1.54, 1.807) is 0 Å². The minimum atomic E-state index is -0.416. The maximum absolute atomic E-state index is 13.2. The monoisotopic (exact) mass is 405 g/mol. The van der Waals surface area contributed by atoms with Gasteiger partial charge in [0.15, 0.2) is 11.5 Å². The highest BCUT2D eigenvalue weighted by Crippen LogP contribution is 2.51. The van der Waals surface area contributed by atoms with Crippen molar-refractivity contribution in [2.75, 3.05) is 6.79 Å². The van der Waals surface area contributed by atoms with Gasteiger partial charge in [0.05, 0.1) is 11.1 Å². The van der Waals surface area contributed by atoms with Crippen molar-refractivity contribution in [2.24, 2.45) is 0 Å². The van der Waals surface area contributed by atoms with Crippen LogP contribution in [0.5, 0.6) is 11.5 Å². The molecule has 0 spiro atoms. The Morgan fingerprint density at radius 3 is 2.66 bits per heavy atom. The predicted molar refractivity (Wildman–Crippen MR) is 112 cm³/mol. The number of fused-ring (bicyclic) bond motifs is 1. The van der Waals surface area contributed by atoms with E-state index in [4.69, 9.17) is 21.1 Å². The minimum Gasteiger partial charge on any atom is -0.454 e. The summed E-state index contributed by atoms with van der Waals surface area (Å²) in [6.45, 7) is 2.24. The molecule has 2 aromatic carbocycles. The third-order valence-corrected chi connectivity index (χ3v) is 6.12. The zero-order chi connectivity index (χ0) is 20.0. The van der Waals surface area contributed by atoms with Crippen molar-refractivity contribution < 1.29 is 14.3 Å². The number of benzene rings is 2. The van der Waals surface area contributed by atoms with Gasteiger partial charge in [0.25, 0.3) is 0 Å². The molecule has 2 heterocycles. The Morgan fingerprint density at radius 2 is 1.90 bits per heavy atom. The number of Topliss-reactive ketones (excluding diaryl/α,β-unsaturated/α-hetero) is 1. The van der Waals surface area contributed by atoms with Crippen LogP contribution in [0.2, 0.25) is 5.02 Å². The Balaban J connectivity index is 1.38. The molecule has 0 N–H and O–H groups in total. The molecule has 4 nitrogen and oxygen atoms in total. The van der Waals surface area contributed by atoms with Gasteiger partial charge in [0, 0.05) is 23.2 Å². The van der Waals surface area contributed by atoms with Gasteiger partial charge in [-0.1, -0.05) is 29.8 Å². The van der Waals surface area contributed by atoms with Gasteiger partial charge < -0.3 is 9.47 Å². The molecule has 146 valence electrons. The summed E-state index contributed by atoms with van der Waals surface area (Å²) in [5.74, 6) is 1.68. The molecule has 1 fully saturated rings. The lowest BCUT2D eigenvalue weighted by Crippen LogP contribution is -2.23. The summed E-state index contributed by atoms with van der Waals surface area (Å²) in [7, 11) is 0. The largest absolute Gasteiger partial charge is 0.454 e. The molecule has 0 amide bonds. The molecule has 29 heavy (non-hydrogen) atoms. The number of carbonyl (C=O) groups excluding carboxylic acids is 1. The number of halogens is 1. The van der Waals surface area contributed by atoms with E-state index in [0.29, 0.717) is 11.4 Å². The average Bonchev–Trinajstić information content (AvgIpc) is 3.40. The van der Waals surface area contributed by atoms with Crippen LogP contribution in [-0.4, -0.2) is 17.6 Å². The molecule has 3 aromatic rings. The summed E-state index contributed by atoms with van der Waals surface area (Å²) < 4.78 is 10.9. The molecule has 1 aliphatic heterocycles. The first kappa shape index (κ1) is 18.2. The summed E-state index contributed by atoms with van der Waals surface area (Å²) in [6, 6.07) is 15.6. The Labute approximate surface area is 174 Å². The first-order chi connectivity index (χ1) is 14.0. The van der Waals surface area contributed by atoms with Crippen LogP contribution in [0.15, 0.2) is 54.7 Å². The van der Waals surface area contributed by atoms with Crippen molar-refractivity contribution in [1.82, 2.24) is 4.98 Å². The van der Waals surface area contributed by atoms with Crippen molar-refractivity contribution in [1.29, 1.82) is 0 Å². The normalized spacial score (nSPS) is 15.9. The fourth-order valence-corrected chi connectivity index (χ4v) is 4.17. The van der Waals surface area contributed by atoms with E-state index < -0.39 is 5.41 Å². The second-order valence-electron chi connectivity index (χ2n) is 7.75. The van der Waals surface area contributed by atoms with Crippen molar-refractivity contribution in [2.45, 2.75) is 31.6 Å². The Morgan fingerprint density at radius 1 is 1.07 bits per heavy atom. The molecule has 1 aliphatic carbocycles. The zero-order valence-corrected chi connectivity index (χ0v) is 16.8. The Kier molecular flexibility index (Phi) is 4.32. The number of aromatic nitrogens is 1. The van der Waals surface area contributed by atoms with E-state index in [-0.39, 0.29) is 12.6 Å². The van der Waals surface area contributed by atoms with Gasteiger partial charge in [-0.3, -0.25) is 9.78 Å². The number of hydrogen-bond donors (Lipinski definition) is 0. The van der Waals surface area contributed by atoms with Gasteiger partial charge in [0.1, 0.15) is 5.78 Å². The molecule has 0 radical (unpaired) electrons. The van der Waals surface area contributed by atoms with Gasteiger partial charge in [-0.15, -0.1) is 0 Å². The molecule has 5 heteroatoms. The van der Waals surface area contributed by atoms with Gasteiger partial charge in [0.2, 0.25) is 6.79 Å². The summed E-state index contributed by atoms with van der Waals surface area (Å²) in [6.07, 6.45) is 3.88. The lowest BCUT2D eigenvalue weighted by molar-refractivity contribution is -0.120. The van der Waals surface area contributed by atoms with E-state index >= 15 is 0 Å². The second-order valence-corrected chi connectivity index (χ2v) is 8.18. The summed E-state index contributed by atoms with van der Waals surface area (Å²) >= 11 is 6.10. The standard InChI is InChI=1S/C24H20ClNO3/c1-15-9-17(16-3-2-4-19(25)10-16)13-26-20(15)12-23(27)24(7-8-24)18-5-6-21-22(11-18)29-14-28-21/h2-6,9-11,13H,7-8,12,14H2,1H3. The first-order valence-corrected chi connectivity index (χ1v) is 10.1. The van der Waals surface area contributed by atoms with Crippen LogP contribution in [0, 0.1) is 6.92 Å². The fraction of sp³-hybridized carbons (Fsp3) is 0.250. The highest BCUT2D eigenvalue weighted by molar-refractivity contribution is 6.30. The molecular weight excluding hydrogens is 386 g/mol. The quantitative estimate of drug-likeness (QED) is 0.579. The van der Waals surface area contributed by atoms with Gasteiger partial charge in [-0.05, 0) is 66.8 Å². The molecule has 1 saturated carbocycles. The number of pyridine rings is 1. The van der Waals surface area contributed by atoms with Crippen LogP contribution in [0.4, 0.5) is 0 Å². The predicted octanol–water partition coefficient (Wildman–Crippen LogP) is 5.28. The highest BCUT2D eigenvalue weighted by Gasteiger charge is 2.51. The van der Waals surface area contributed by atoms with E-state index in [2.05, 4.69) is 11.1 Å². The summed E-state index contributed by atoms with van der Waals surface area (Å²) in [5.41, 5.74) is 4.45. The van der Waals surface area contributed by atoms with E-state index in [1.165, 1.54) is 0 Å². The van der Waals surface area contributed by atoms with Crippen LogP contribution >= 0.6 is 11.6 Å². The number of nitrogens with zero attached hydrogens (tertiary/aromatic N) is 1.